The van der Waals surface area contributed by atoms with Crippen molar-refractivity contribution in [1.82, 2.24) is 14.9 Å². The van der Waals surface area contributed by atoms with Gasteiger partial charge in [-0.1, -0.05) is 54.6 Å². The van der Waals surface area contributed by atoms with Gasteiger partial charge >= 0.3 is 0 Å². The van der Waals surface area contributed by atoms with Crippen LogP contribution in [0.4, 0.5) is 0 Å². The minimum Gasteiger partial charge on any atom is -0.317 e. The smallest absolute Gasteiger partial charge is 0.271 e. The van der Waals surface area contributed by atoms with Gasteiger partial charge in [0.05, 0.1) is 11.9 Å². The number of hydrazone groups is 1. The first-order chi connectivity index (χ1) is 17.9. The summed E-state index contributed by atoms with van der Waals surface area (Å²) in [5.41, 5.74) is 14.2. The van der Waals surface area contributed by atoms with Gasteiger partial charge in [0.15, 0.2) is 0 Å². The van der Waals surface area contributed by atoms with Crippen LogP contribution in [0.1, 0.15) is 55.1 Å². The van der Waals surface area contributed by atoms with E-state index in [1.165, 1.54) is 33.5 Å². The van der Waals surface area contributed by atoms with Crippen LogP contribution in [0, 0.1) is 27.7 Å². The highest BCUT2D eigenvalue weighted by atomic mass is 16.2. The summed E-state index contributed by atoms with van der Waals surface area (Å²) in [7, 11) is 0. The molecule has 0 radical (unpaired) electrons. The SMILES string of the molecule is Cc1cccc(C)c1-n1c(C)cc(/C=N\NC(=O)c2ccc(CN3CCc4ccccc4C3)cc2)c1C. The number of amides is 1. The molecule has 0 saturated heterocycles. The number of carbonyl (C=O) groups is 1. The lowest BCUT2D eigenvalue weighted by molar-refractivity contribution is 0.0955. The van der Waals surface area contributed by atoms with Crippen molar-refractivity contribution in [2.45, 2.75) is 47.2 Å². The van der Waals surface area contributed by atoms with E-state index >= 15 is 0 Å². The Bertz CT molecular complexity index is 1440. The number of aryl methyl sites for hydroxylation is 3. The zero-order valence-electron chi connectivity index (χ0n) is 22.1. The van der Waals surface area contributed by atoms with E-state index in [-0.39, 0.29) is 5.91 Å². The van der Waals surface area contributed by atoms with E-state index in [9.17, 15) is 4.79 Å². The molecule has 2 heterocycles. The van der Waals surface area contributed by atoms with Crippen LogP contribution in [0.2, 0.25) is 0 Å². The topological polar surface area (TPSA) is 49.6 Å². The van der Waals surface area contributed by atoms with Crippen molar-refractivity contribution in [2.24, 2.45) is 5.10 Å². The van der Waals surface area contributed by atoms with Crippen molar-refractivity contribution in [2.75, 3.05) is 6.54 Å². The predicted octanol–water partition coefficient (Wildman–Crippen LogP) is 6.03. The zero-order valence-corrected chi connectivity index (χ0v) is 22.1. The minimum atomic E-state index is -0.210. The average Bonchev–Trinajstić information content (AvgIpc) is 3.17. The molecule has 1 aromatic heterocycles. The molecule has 5 nitrogen and oxygen atoms in total. The summed E-state index contributed by atoms with van der Waals surface area (Å²) in [4.78, 5) is 15.2. The fourth-order valence-corrected chi connectivity index (χ4v) is 5.35. The number of carbonyl (C=O) groups excluding carboxylic acids is 1. The third-order valence-electron chi connectivity index (χ3n) is 7.34. The molecule has 0 aliphatic carbocycles. The molecule has 1 N–H and O–H groups in total. The maximum absolute atomic E-state index is 12.7. The second-order valence-corrected chi connectivity index (χ2v) is 10.0. The zero-order chi connectivity index (χ0) is 25.9. The molecule has 1 aliphatic heterocycles. The Morgan fingerprint density at radius 2 is 1.62 bits per heavy atom. The molecule has 5 rings (SSSR count). The number of nitrogens with zero attached hydrogens (tertiary/aromatic N) is 3. The lowest BCUT2D eigenvalue weighted by Crippen LogP contribution is -2.30. The first-order valence-corrected chi connectivity index (χ1v) is 12.9. The van der Waals surface area contributed by atoms with Gasteiger partial charge in [0, 0.05) is 42.1 Å². The molecule has 3 aromatic carbocycles. The van der Waals surface area contributed by atoms with Gasteiger partial charge in [0.2, 0.25) is 0 Å². The van der Waals surface area contributed by atoms with Crippen LogP contribution in [0.15, 0.2) is 77.9 Å². The standard InChI is InChI=1S/C32H34N4O/c1-22-8-7-9-23(2)31(22)36-24(3)18-30(25(36)4)19-33-34-32(37)28-14-12-26(13-15-28)20-35-17-16-27-10-5-6-11-29(27)21-35/h5-15,18-19H,16-17,20-21H2,1-4H3,(H,34,37)/b33-19-. The summed E-state index contributed by atoms with van der Waals surface area (Å²) in [6, 6.07) is 25.0. The van der Waals surface area contributed by atoms with Crippen molar-refractivity contribution >= 4 is 12.1 Å². The Morgan fingerprint density at radius 3 is 2.35 bits per heavy atom. The van der Waals surface area contributed by atoms with Gasteiger partial charge < -0.3 is 4.57 Å². The summed E-state index contributed by atoms with van der Waals surface area (Å²) in [5, 5.41) is 4.26. The third kappa shape index (κ3) is 5.27. The van der Waals surface area contributed by atoms with Crippen LogP contribution < -0.4 is 5.43 Å². The monoisotopic (exact) mass is 490 g/mol. The summed E-state index contributed by atoms with van der Waals surface area (Å²) < 4.78 is 2.26. The first-order valence-electron chi connectivity index (χ1n) is 12.9. The van der Waals surface area contributed by atoms with E-state index in [2.05, 4.69) is 96.2 Å². The van der Waals surface area contributed by atoms with Crippen molar-refractivity contribution in [3.05, 3.63) is 123 Å². The molecular formula is C32H34N4O. The van der Waals surface area contributed by atoms with Gasteiger partial charge in [-0.2, -0.15) is 5.10 Å². The van der Waals surface area contributed by atoms with Gasteiger partial charge in [-0.15, -0.1) is 0 Å². The van der Waals surface area contributed by atoms with Crippen molar-refractivity contribution < 1.29 is 4.79 Å². The van der Waals surface area contributed by atoms with Crippen molar-refractivity contribution in [3.63, 3.8) is 0 Å². The minimum absolute atomic E-state index is 0.210. The highest BCUT2D eigenvalue weighted by Gasteiger charge is 2.16. The molecule has 0 saturated carbocycles. The van der Waals surface area contributed by atoms with Crippen LogP contribution in [-0.2, 0) is 19.5 Å². The van der Waals surface area contributed by atoms with E-state index in [4.69, 9.17) is 0 Å². The molecule has 0 spiro atoms. The van der Waals surface area contributed by atoms with Crippen LogP contribution >= 0.6 is 0 Å². The van der Waals surface area contributed by atoms with Crippen LogP contribution in [-0.4, -0.2) is 28.1 Å². The van der Waals surface area contributed by atoms with Gasteiger partial charge in [0.1, 0.15) is 0 Å². The molecule has 1 amide bonds. The Labute approximate surface area is 219 Å². The van der Waals surface area contributed by atoms with Gasteiger partial charge in [-0.05, 0) is 80.1 Å². The number of benzene rings is 3. The lowest BCUT2D eigenvalue weighted by Gasteiger charge is -2.28. The molecule has 37 heavy (non-hydrogen) atoms. The molecule has 0 bridgehead atoms. The van der Waals surface area contributed by atoms with E-state index in [1.54, 1.807) is 6.21 Å². The molecule has 1 aliphatic rings. The van der Waals surface area contributed by atoms with E-state index in [0.29, 0.717) is 5.56 Å². The number of para-hydroxylation sites is 1. The molecule has 0 unspecified atom stereocenters. The van der Waals surface area contributed by atoms with Crippen molar-refractivity contribution in [3.8, 4) is 5.69 Å². The molecular weight excluding hydrogens is 456 g/mol. The second-order valence-electron chi connectivity index (χ2n) is 10.0. The maximum Gasteiger partial charge on any atom is 0.271 e. The maximum atomic E-state index is 12.7. The van der Waals surface area contributed by atoms with Crippen LogP contribution in [0.5, 0.6) is 0 Å². The molecule has 0 fully saturated rings. The molecule has 4 aromatic rings. The summed E-state index contributed by atoms with van der Waals surface area (Å²) in [6.45, 7) is 11.3. The van der Waals surface area contributed by atoms with Gasteiger partial charge in [0.25, 0.3) is 5.91 Å². The average molecular weight is 491 g/mol. The molecule has 0 atom stereocenters. The van der Waals surface area contributed by atoms with E-state index in [1.807, 2.05) is 24.3 Å². The largest absolute Gasteiger partial charge is 0.317 e. The van der Waals surface area contributed by atoms with Crippen molar-refractivity contribution in [1.29, 1.82) is 0 Å². The van der Waals surface area contributed by atoms with Crippen LogP contribution in [0.3, 0.4) is 0 Å². The quantitative estimate of drug-likeness (QED) is 0.265. The number of aromatic nitrogens is 1. The summed E-state index contributed by atoms with van der Waals surface area (Å²) in [6.07, 6.45) is 2.81. The summed E-state index contributed by atoms with van der Waals surface area (Å²) in [5.74, 6) is -0.210. The first kappa shape index (κ1) is 24.7. The number of nitrogens with one attached hydrogen (secondary N) is 1. The van der Waals surface area contributed by atoms with Gasteiger partial charge in [-0.3, -0.25) is 9.69 Å². The third-order valence-corrected chi connectivity index (χ3v) is 7.34. The number of hydrogen-bond donors (Lipinski definition) is 1. The number of rotatable bonds is 6. The molecule has 188 valence electrons. The number of hydrogen-bond acceptors (Lipinski definition) is 3. The Balaban J connectivity index is 1.21. The molecule has 5 heteroatoms. The Kier molecular flexibility index (Phi) is 7.06. The fourth-order valence-electron chi connectivity index (χ4n) is 5.35. The van der Waals surface area contributed by atoms with Crippen LogP contribution in [0.25, 0.3) is 5.69 Å². The highest BCUT2D eigenvalue weighted by molar-refractivity contribution is 5.95. The number of fused-ring (bicyclic) bond motifs is 1. The normalized spacial score (nSPS) is 13.6. The lowest BCUT2D eigenvalue weighted by atomic mass is 9.99. The Morgan fingerprint density at radius 1 is 0.919 bits per heavy atom. The fraction of sp³-hybridized carbons (Fsp3) is 0.250. The summed E-state index contributed by atoms with van der Waals surface area (Å²) >= 11 is 0. The highest BCUT2D eigenvalue weighted by Crippen LogP contribution is 2.25. The second kappa shape index (κ2) is 10.6. The van der Waals surface area contributed by atoms with Gasteiger partial charge in [-0.25, -0.2) is 5.43 Å². The Hall–Kier alpha value is -3.96. The predicted molar refractivity (Wildman–Crippen MR) is 150 cm³/mol. The van der Waals surface area contributed by atoms with E-state index < -0.39 is 0 Å². The van der Waals surface area contributed by atoms with E-state index in [0.717, 1.165) is 43.0 Å².